The second kappa shape index (κ2) is 7.61. The maximum atomic E-state index is 12.1. The molecule has 1 fully saturated rings. The molecule has 2 heterocycles. The van der Waals surface area contributed by atoms with Gasteiger partial charge in [0.05, 0.1) is 11.2 Å². The molecule has 1 saturated carbocycles. The molecule has 0 radical (unpaired) electrons. The fraction of sp³-hybridized carbons (Fsp3) is 0.619. The minimum absolute atomic E-state index is 0.101. The summed E-state index contributed by atoms with van der Waals surface area (Å²) >= 11 is 3.59. The third-order valence-electron chi connectivity index (χ3n) is 5.07. The van der Waals surface area contributed by atoms with Gasteiger partial charge in [-0.25, -0.2) is 4.52 Å². The third kappa shape index (κ3) is 4.72. The van der Waals surface area contributed by atoms with Gasteiger partial charge in [-0.3, -0.25) is 4.79 Å². The van der Waals surface area contributed by atoms with E-state index in [0.717, 1.165) is 23.7 Å². The highest BCUT2D eigenvalue weighted by Gasteiger charge is 2.26. The highest BCUT2D eigenvalue weighted by atomic mass is 79.9. The first-order chi connectivity index (χ1) is 11.8. The highest BCUT2D eigenvalue weighted by Crippen LogP contribution is 2.41. The van der Waals surface area contributed by atoms with Crippen LogP contribution < -0.4 is 0 Å². The molecule has 0 N–H and O–H groups in total. The van der Waals surface area contributed by atoms with Gasteiger partial charge < -0.3 is 0 Å². The molecular formula is C21H29BrN2O. The zero-order chi connectivity index (χ0) is 18.0. The number of aromatic nitrogens is 2. The van der Waals surface area contributed by atoms with Crippen LogP contribution in [-0.4, -0.2) is 15.4 Å². The number of unbranched alkanes of at least 4 members (excludes halogenated alkanes) is 1. The van der Waals surface area contributed by atoms with Gasteiger partial charge >= 0.3 is 0 Å². The molecule has 0 aromatic carbocycles. The first-order valence-corrected chi connectivity index (χ1v) is 10.3. The van der Waals surface area contributed by atoms with Gasteiger partial charge in [-0.05, 0) is 55.6 Å². The molecule has 136 valence electrons. The number of fused-ring (bicyclic) bond motifs is 1. The van der Waals surface area contributed by atoms with Crippen molar-refractivity contribution in [1.82, 2.24) is 9.61 Å². The number of carbonyl (C=O) groups excluding carboxylic acids is 1. The van der Waals surface area contributed by atoms with Crippen LogP contribution in [0.3, 0.4) is 0 Å². The zero-order valence-electron chi connectivity index (χ0n) is 15.6. The molecule has 0 aliphatic heterocycles. The van der Waals surface area contributed by atoms with E-state index >= 15 is 0 Å². The topological polar surface area (TPSA) is 34.4 Å². The molecule has 0 bridgehead atoms. The maximum Gasteiger partial charge on any atom is 0.133 e. The van der Waals surface area contributed by atoms with Crippen molar-refractivity contribution in [2.24, 2.45) is 5.41 Å². The molecular weight excluding hydrogens is 376 g/mol. The van der Waals surface area contributed by atoms with Gasteiger partial charge in [0.1, 0.15) is 5.78 Å². The van der Waals surface area contributed by atoms with Gasteiger partial charge in [-0.2, -0.15) is 5.10 Å². The highest BCUT2D eigenvalue weighted by molar-refractivity contribution is 9.10. The van der Waals surface area contributed by atoms with E-state index in [1.54, 1.807) is 0 Å². The minimum atomic E-state index is 0.101. The first-order valence-electron chi connectivity index (χ1n) is 9.52. The summed E-state index contributed by atoms with van der Waals surface area (Å²) in [5.74, 6) is 1.06. The Labute approximate surface area is 159 Å². The Hall–Kier alpha value is -1.16. The van der Waals surface area contributed by atoms with Crippen LogP contribution in [0.2, 0.25) is 0 Å². The summed E-state index contributed by atoms with van der Waals surface area (Å²) in [6, 6.07) is 4.23. The monoisotopic (exact) mass is 404 g/mol. The van der Waals surface area contributed by atoms with Gasteiger partial charge in [-0.15, -0.1) is 0 Å². The molecule has 2 aromatic rings. The number of hydrogen-bond donors (Lipinski definition) is 0. The molecule has 4 heteroatoms. The van der Waals surface area contributed by atoms with Crippen LogP contribution in [0.15, 0.2) is 22.8 Å². The van der Waals surface area contributed by atoms with Crippen LogP contribution >= 0.6 is 15.9 Å². The third-order valence-corrected chi connectivity index (χ3v) is 5.57. The summed E-state index contributed by atoms with van der Waals surface area (Å²) in [6.45, 7) is 6.39. The van der Waals surface area contributed by atoms with Crippen LogP contribution in [0.1, 0.15) is 82.9 Å². The van der Waals surface area contributed by atoms with Gasteiger partial charge in [0.15, 0.2) is 0 Å². The molecule has 2 aromatic heterocycles. The van der Waals surface area contributed by atoms with Gasteiger partial charge in [-0.1, -0.05) is 43.1 Å². The number of pyridine rings is 1. The molecule has 0 spiro atoms. The van der Waals surface area contributed by atoms with Gasteiger partial charge in [0, 0.05) is 29.1 Å². The number of rotatable bonds is 7. The summed E-state index contributed by atoms with van der Waals surface area (Å²) < 4.78 is 3.14. The van der Waals surface area contributed by atoms with E-state index in [-0.39, 0.29) is 5.41 Å². The van der Waals surface area contributed by atoms with Crippen LogP contribution in [0.4, 0.5) is 0 Å². The summed E-state index contributed by atoms with van der Waals surface area (Å²) in [6.07, 6.45) is 10.3. The van der Waals surface area contributed by atoms with Crippen molar-refractivity contribution in [2.75, 3.05) is 0 Å². The Kier molecular flexibility index (Phi) is 5.67. The van der Waals surface area contributed by atoms with Gasteiger partial charge in [0.25, 0.3) is 0 Å². The number of ketones is 1. The smallest absolute Gasteiger partial charge is 0.133 e. The molecule has 0 amide bonds. The molecule has 0 unspecified atom stereocenters. The van der Waals surface area contributed by atoms with E-state index < -0.39 is 0 Å². The van der Waals surface area contributed by atoms with E-state index in [2.05, 4.69) is 42.8 Å². The van der Waals surface area contributed by atoms with Crippen molar-refractivity contribution in [3.05, 3.63) is 34.1 Å². The van der Waals surface area contributed by atoms with Crippen molar-refractivity contribution in [2.45, 2.75) is 78.1 Å². The lowest BCUT2D eigenvalue weighted by Gasteiger charge is -2.26. The Morgan fingerprint density at radius 2 is 2.08 bits per heavy atom. The number of aryl methyl sites for hydroxylation is 1. The normalized spacial score (nSPS) is 15.5. The standard InChI is InChI=1S/C21H29BrN2O/c1-21(2,3)14-17(25)9-4-5-10-18-20(15-7-6-8-15)19-13-16(22)11-12-24(19)23-18/h11-13,15H,4-10,14H2,1-3H3. The Balaban J connectivity index is 1.64. The molecule has 0 saturated heterocycles. The fourth-order valence-corrected chi connectivity index (χ4v) is 4.04. The quantitative estimate of drug-likeness (QED) is 0.523. The van der Waals surface area contributed by atoms with E-state index in [9.17, 15) is 4.79 Å². The summed E-state index contributed by atoms with van der Waals surface area (Å²) in [5.41, 5.74) is 4.04. The SMILES string of the molecule is CC(C)(C)CC(=O)CCCCc1nn2ccc(Br)cc2c1C1CCC1. The predicted octanol–water partition coefficient (Wildman–Crippen LogP) is 6.08. The molecule has 0 atom stereocenters. The minimum Gasteiger partial charge on any atom is -0.300 e. The Bertz CT molecular complexity index is 753. The molecule has 3 rings (SSSR count). The second-order valence-electron chi connectivity index (χ2n) is 8.65. The average molecular weight is 405 g/mol. The predicted molar refractivity (Wildman–Crippen MR) is 106 cm³/mol. The van der Waals surface area contributed by atoms with Crippen molar-refractivity contribution in [3.63, 3.8) is 0 Å². The summed E-state index contributed by atoms with van der Waals surface area (Å²) in [7, 11) is 0. The lowest BCUT2D eigenvalue weighted by Crippen LogP contribution is -2.13. The van der Waals surface area contributed by atoms with Gasteiger partial charge in [0.2, 0.25) is 0 Å². The molecule has 3 nitrogen and oxygen atoms in total. The second-order valence-corrected chi connectivity index (χ2v) is 9.56. The van der Waals surface area contributed by atoms with Crippen LogP contribution in [-0.2, 0) is 11.2 Å². The number of nitrogens with zero attached hydrogens (tertiary/aromatic N) is 2. The Morgan fingerprint density at radius 1 is 1.32 bits per heavy atom. The fourth-order valence-electron chi connectivity index (χ4n) is 3.71. The van der Waals surface area contributed by atoms with Crippen molar-refractivity contribution in [1.29, 1.82) is 0 Å². The van der Waals surface area contributed by atoms with E-state index in [1.807, 2.05) is 16.8 Å². The average Bonchev–Trinajstić information content (AvgIpc) is 2.78. The summed E-state index contributed by atoms with van der Waals surface area (Å²) in [4.78, 5) is 12.1. The van der Waals surface area contributed by atoms with Crippen molar-refractivity contribution >= 4 is 27.2 Å². The Morgan fingerprint density at radius 3 is 2.72 bits per heavy atom. The van der Waals surface area contributed by atoms with Crippen LogP contribution in [0, 0.1) is 5.41 Å². The number of Topliss-reactive ketones (excluding diaryl/α,β-unsaturated/α-hetero) is 1. The van der Waals surface area contributed by atoms with E-state index in [1.165, 1.54) is 36.0 Å². The first kappa shape index (κ1) is 18.6. The number of carbonyl (C=O) groups is 1. The summed E-state index contributed by atoms with van der Waals surface area (Å²) in [5, 5.41) is 4.84. The van der Waals surface area contributed by atoms with Crippen molar-refractivity contribution < 1.29 is 4.79 Å². The lowest BCUT2D eigenvalue weighted by atomic mass is 9.79. The molecule has 1 aliphatic rings. The number of halogens is 1. The zero-order valence-corrected chi connectivity index (χ0v) is 17.2. The van der Waals surface area contributed by atoms with Crippen LogP contribution in [0.5, 0.6) is 0 Å². The van der Waals surface area contributed by atoms with Crippen LogP contribution in [0.25, 0.3) is 5.52 Å². The lowest BCUT2D eigenvalue weighted by molar-refractivity contribution is -0.120. The van der Waals surface area contributed by atoms with E-state index in [0.29, 0.717) is 24.5 Å². The van der Waals surface area contributed by atoms with Crippen molar-refractivity contribution in [3.8, 4) is 0 Å². The maximum absolute atomic E-state index is 12.1. The molecule has 1 aliphatic carbocycles. The largest absolute Gasteiger partial charge is 0.300 e. The van der Waals surface area contributed by atoms with E-state index in [4.69, 9.17) is 5.10 Å². The number of hydrogen-bond acceptors (Lipinski definition) is 2. The molecule has 25 heavy (non-hydrogen) atoms.